The van der Waals surface area contributed by atoms with E-state index in [0.717, 1.165) is 0 Å². The predicted molar refractivity (Wildman–Crippen MR) is 267 cm³/mol. The van der Waals surface area contributed by atoms with Crippen molar-refractivity contribution >= 4 is 65.2 Å². The lowest BCUT2D eigenvalue weighted by Crippen LogP contribution is -2.62. The number of carboxylic acids is 2. The SMILES string of the molecule is CC[C@H](C)[C@H](NC(=O)[C@@H](N)CC(=O)O)C(=O)N[C@@H](CCCN=C(N)N)C(=O)N[C@@H](C)C(=O)N[C@@H](CC(C)C)C(=O)N[C@@H](CCCCN)C(=O)N[C@H](C(=O)N[C@@H](CC(C)C)C(=O)N[C@H](C(=O)O)C(C)C)[C@@H](C)O. The molecule has 11 atom stereocenters. The van der Waals surface area contributed by atoms with E-state index in [4.69, 9.17) is 28.0 Å². The van der Waals surface area contributed by atoms with Gasteiger partial charge >= 0.3 is 11.9 Å². The van der Waals surface area contributed by atoms with Crippen molar-refractivity contribution in [1.82, 2.24) is 42.5 Å². The number of aliphatic hydroxyl groups is 1. The Morgan fingerprint density at radius 2 is 0.958 bits per heavy atom. The summed E-state index contributed by atoms with van der Waals surface area (Å²) in [5.74, 6) is -11.0. The van der Waals surface area contributed by atoms with E-state index >= 15 is 0 Å². The molecule has 26 nitrogen and oxygen atoms in total. The van der Waals surface area contributed by atoms with Crippen LogP contribution in [0.2, 0.25) is 0 Å². The first-order valence-electron chi connectivity index (χ1n) is 24.5. The third-order valence-corrected chi connectivity index (χ3v) is 11.4. The highest BCUT2D eigenvalue weighted by Crippen LogP contribution is 2.13. The molecule has 0 aliphatic carbocycles. The van der Waals surface area contributed by atoms with Crippen LogP contribution in [0.4, 0.5) is 0 Å². The van der Waals surface area contributed by atoms with Crippen LogP contribution < -0.4 is 65.5 Å². The Morgan fingerprint density at radius 3 is 1.42 bits per heavy atom. The minimum Gasteiger partial charge on any atom is -0.481 e. The smallest absolute Gasteiger partial charge is 0.326 e. The highest BCUT2D eigenvalue weighted by Gasteiger charge is 2.37. The number of nitrogens with two attached hydrogens (primary N) is 4. The highest BCUT2D eigenvalue weighted by molar-refractivity contribution is 5.98. The number of carbonyl (C=O) groups is 10. The Labute approximate surface area is 422 Å². The quantitative estimate of drug-likeness (QED) is 0.0172. The minimum absolute atomic E-state index is 0.00882. The van der Waals surface area contributed by atoms with Gasteiger partial charge < -0.3 is 80.8 Å². The molecule has 0 aliphatic rings. The second-order valence-corrected chi connectivity index (χ2v) is 19.3. The molecule has 0 fully saturated rings. The summed E-state index contributed by atoms with van der Waals surface area (Å²) in [5, 5.41) is 49.7. The highest BCUT2D eigenvalue weighted by atomic mass is 16.4. The lowest BCUT2D eigenvalue weighted by atomic mass is 9.97. The van der Waals surface area contributed by atoms with E-state index in [0.29, 0.717) is 19.3 Å². The molecule has 8 amide bonds. The molecule has 0 saturated heterocycles. The van der Waals surface area contributed by atoms with Crippen LogP contribution in [-0.4, -0.2) is 154 Å². The van der Waals surface area contributed by atoms with Gasteiger partial charge in [0.2, 0.25) is 47.3 Å². The number of aliphatic imine (C=N–C) groups is 1. The van der Waals surface area contributed by atoms with E-state index < -0.39 is 138 Å². The number of carboxylic acid groups (broad SMARTS) is 2. The molecule has 0 saturated carbocycles. The number of carbonyl (C=O) groups excluding carboxylic acids is 8. The lowest BCUT2D eigenvalue weighted by Gasteiger charge is -2.29. The van der Waals surface area contributed by atoms with Crippen LogP contribution >= 0.6 is 0 Å². The van der Waals surface area contributed by atoms with E-state index in [-0.39, 0.29) is 63.0 Å². The first-order chi connectivity index (χ1) is 33.5. The molecule has 0 aromatic rings. The molecule has 0 heterocycles. The summed E-state index contributed by atoms with van der Waals surface area (Å²) in [4.78, 5) is 136. The zero-order valence-electron chi connectivity index (χ0n) is 43.5. The van der Waals surface area contributed by atoms with Crippen LogP contribution in [0.1, 0.15) is 127 Å². The summed E-state index contributed by atoms with van der Waals surface area (Å²) < 4.78 is 0. The van der Waals surface area contributed by atoms with Crippen molar-refractivity contribution in [2.24, 2.45) is 51.6 Å². The second-order valence-electron chi connectivity index (χ2n) is 19.3. The third kappa shape index (κ3) is 25.3. The fourth-order valence-electron chi connectivity index (χ4n) is 7.08. The number of nitrogens with zero attached hydrogens (tertiary/aromatic N) is 1. The molecule has 19 N–H and O–H groups in total. The Hall–Kier alpha value is -6.15. The molecule has 0 bridgehead atoms. The van der Waals surface area contributed by atoms with Crippen LogP contribution in [0.5, 0.6) is 0 Å². The number of hydrogen-bond donors (Lipinski definition) is 15. The summed E-state index contributed by atoms with van der Waals surface area (Å²) in [6.07, 6.45) is -0.815. The van der Waals surface area contributed by atoms with Crippen LogP contribution in [0.15, 0.2) is 4.99 Å². The monoisotopic (exact) mass is 1030 g/mol. The van der Waals surface area contributed by atoms with Gasteiger partial charge in [0.15, 0.2) is 5.96 Å². The van der Waals surface area contributed by atoms with Gasteiger partial charge in [0.05, 0.1) is 18.6 Å². The van der Waals surface area contributed by atoms with E-state index in [9.17, 15) is 58.2 Å². The first-order valence-corrected chi connectivity index (χ1v) is 24.5. The second kappa shape index (κ2) is 33.5. The molecule has 72 heavy (non-hydrogen) atoms. The average Bonchev–Trinajstić information content (AvgIpc) is 3.27. The number of aliphatic carboxylic acids is 2. The van der Waals surface area contributed by atoms with E-state index in [1.54, 1.807) is 55.4 Å². The number of amides is 8. The predicted octanol–water partition coefficient (Wildman–Crippen LogP) is -2.87. The van der Waals surface area contributed by atoms with Gasteiger partial charge in [0.1, 0.15) is 48.3 Å². The van der Waals surface area contributed by atoms with E-state index in [1.165, 1.54) is 13.8 Å². The number of nitrogens with one attached hydrogen (secondary N) is 8. The summed E-state index contributed by atoms with van der Waals surface area (Å²) >= 11 is 0. The summed E-state index contributed by atoms with van der Waals surface area (Å²) in [6.45, 7) is 16.6. The Morgan fingerprint density at radius 1 is 0.528 bits per heavy atom. The van der Waals surface area contributed by atoms with Crippen LogP contribution in [0.3, 0.4) is 0 Å². The Balaban J connectivity index is 6.52. The molecule has 0 aliphatic heterocycles. The van der Waals surface area contributed by atoms with Crippen molar-refractivity contribution in [3.63, 3.8) is 0 Å². The fraction of sp³-hybridized carbons (Fsp3) is 0.761. The van der Waals surface area contributed by atoms with E-state index in [2.05, 4.69) is 47.5 Å². The van der Waals surface area contributed by atoms with Gasteiger partial charge in [0, 0.05) is 6.54 Å². The summed E-state index contributed by atoms with van der Waals surface area (Å²) in [6, 6.07) is -12.1. The molecule has 0 unspecified atom stereocenters. The standard InChI is InChI=1S/C46H85N13O13/c1-11-25(8)35(58-38(64)28(48)21-33(61)62)43(69)54-30(16-14-18-51-46(49)50)39(65)52-26(9)37(63)55-31(19-22(2)3)41(67)53-29(15-12-13-17-47)40(66)59-36(27(10)60)44(70)56-32(20-23(4)5)42(68)57-34(24(6)7)45(71)72/h22-32,34-36,60H,11-21,47-48H2,1-10H3,(H,52,65)(H,53,67)(H,54,69)(H,55,63)(H,56,70)(H,57,68)(H,58,64)(H,59,66)(H,61,62)(H,71,72)(H4,49,50,51)/t25-,26-,27+,28-,29-,30-,31-,32-,34-,35-,36-/m0/s1. The number of aliphatic hydroxyl groups excluding tert-OH is 1. The maximum absolute atomic E-state index is 14.0. The van der Waals surface area contributed by atoms with Gasteiger partial charge in [-0.3, -0.25) is 48.1 Å². The number of guanidine groups is 1. The molecule has 0 spiro atoms. The fourth-order valence-corrected chi connectivity index (χ4v) is 7.08. The lowest BCUT2D eigenvalue weighted by molar-refractivity contribution is -0.143. The van der Waals surface area contributed by atoms with Crippen molar-refractivity contribution < 1.29 is 63.3 Å². The van der Waals surface area contributed by atoms with Crippen molar-refractivity contribution in [3.05, 3.63) is 0 Å². The number of hydrogen-bond acceptors (Lipinski definition) is 14. The van der Waals surface area contributed by atoms with Crippen LogP contribution in [-0.2, 0) is 47.9 Å². The maximum Gasteiger partial charge on any atom is 0.326 e. The van der Waals surface area contributed by atoms with Crippen molar-refractivity contribution in [2.45, 2.75) is 188 Å². The topological polar surface area (TPSA) is 444 Å². The van der Waals surface area contributed by atoms with Gasteiger partial charge in [-0.2, -0.15) is 0 Å². The maximum atomic E-state index is 14.0. The number of unbranched alkanes of at least 4 members (excludes halogenated alkanes) is 1. The van der Waals surface area contributed by atoms with Crippen molar-refractivity contribution in [2.75, 3.05) is 13.1 Å². The molecule has 26 heteroatoms. The number of rotatable bonds is 35. The Bertz CT molecular complexity index is 1840. The van der Waals surface area contributed by atoms with Crippen LogP contribution in [0, 0.1) is 23.7 Å². The van der Waals surface area contributed by atoms with Gasteiger partial charge in [-0.1, -0.05) is 61.8 Å². The molecular weight excluding hydrogens is 943 g/mol. The van der Waals surface area contributed by atoms with Gasteiger partial charge in [-0.25, -0.2) is 4.79 Å². The summed E-state index contributed by atoms with van der Waals surface area (Å²) in [7, 11) is 0. The summed E-state index contributed by atoms with van der Waals surface area (Å²) in [5.41, 5.74) is 22.3. The average molecular weight is 1030 g/mol. The van der Waals surface area contributed by atoms with Gasteiger partial charge in [-0.15, -0.1) is 0 Å². The zero-order valence-corrected chi connectivity index (χ0v) is 43.5. The Kier molecular flexibility index (Phi) is 30.6. The van der Waals surface area contributed by atoms with Crippen molar-refractivity contribution in [1.29, 1.82) is 0 Å². The van der Waals surface area contributed by atoms with Crippen LogP contribution in [0.25, 0.3) is 0 Å². The molecule has 0 aromatic heterocycles. The van der Waals surface area contributed by atoms with E-state index in [1.807, 2.05) is 0 Å². The molecular formula is C46H85N13O13. The minimum atomic E-state index is -1.65. The first kappa shape index (κ1) is 65.8. The van der Waals surface area contributed by atoms with Crippen molar-refractivity contribution in [3.8, 4) is 0 Å². The molecule has 412 valence electrons. The van der Waals surface area contributed by atoms with Gasteiger partial charge in [0.25, 0.3) is 0 Å². The van der Waals surface area contributed by atoms with Gasteiger partial charge in [-0.05, 0) is 89.0 Å². The molecule has 0 radical (unpaired) electrons. The third-order valence-electron chi connectivity index (χ3n) is 11.4. The normalized spacial score (nSPS) is 15.9. The largest absolute Gasteiger partial charge is 0.481 e. The molecule has 0 aromatic carbocycles. The zero-order chi connectivity index (χ0) is 55.6. The molecule has 0 rings (SSSR count).